The normalized spacial score (nSPS) is 13.4. The summed E-state index contributed by atoms with van der Waals surface area (Å²) in [6.45, 7) is 0.505. The summed E-state index contributed by atoms with van der Waals surface area (Å²) in [5.41, 5.74) is 6.01. The number of carbonyl (C=O) groups is 1. The average molecular weight is 390 g/mol. The Balaban J connectivity index is 1.41. The second-order valence-electron chi connectivity index (χ2n) is 7.33. The Morgan fingerprint density at radius 3 is 2.72 bits per heavy atom. The van der Waals surface area contributed by atoms with E-state index in [1.165, 1.54) is 41.1 Å². The molecule has 0 saturated heterocycles. The van der Waals surface area contributed by atoms with Gasteiger partial charge in [0.25, 0.3) is 0 Å². The van der Waals surface area contributed by atoms with Crippen LogP contribution in [-0.4, -0.2) is 25.1 Å². The highest BCUT2D eigenvalue weighted by Gasteiger charge is 2.15. The first-order chi connectivity index (χ1) is 14.2. The van der Waals surface area contributed by atoms with Gasteiger partial charge in [-0.1, -0.05) is 12.1 Å². The summed E-state index contributed by atoms with van der Waals surface area (Å²) >= 11 is 0. The van der Waals surface area contributed by atoms with Gasteiger partial charge in [0.2, 0.25) is 5.91 Å². The van der Waals surface area contributed by atoms with Gasteiger partial charge in [-0.2, -0.15) is 0 Å². The topological polar surface area (TPSA) is 63.3 Å². The molecule has 2 aromatic carbocycles. The first-order valence-electron chi connectivity index (χ1n) is 9.98. The first kappa shape index (κ1) is 19.1. The summed E-state index contributed by atoms with van der Waals surface area (Å²) in [6, 6.07) is 11.9. The van der Waals surface area contributed by atoms with E-state index in [0.717, 1.165) is 24.0 Å². The van der Waals surface area contributed by atoms with Gasteiger partial charge >= 0.3 is 0 Å². The van der Waals surface area contributed by atoms with Crippen LogP contribution in [0.3, 0.4) is 0 Å². The van der Waals surface area contributed by atoms with Crippen LogP contribution in [-0.2, 0) is 24.2 Å². The minimum absolute atomic E-state index is 0.129. The van der Waals surface area contributed by atoms with Crippen LogP contribution in [0.25, 0.3) is 17.0 Å². The highest BCUT2D eigenvalue weighted by Crippen LogP contribution is 2.30. The zero-order valence-electron chi connectivity index (χ0n) is 16.9. The number of H-pyrrole nitrogens is 1. The molecule has 1 aliphatic rings. The number of hydrogen-bond acceptors (Lipinski definition) is 3. The van der Waals surface area contributed by atoms with Gasteiger partial charge < -0.3 is 19.8 Å². The molecule has 0 spiro atoms. The Morgan fingerprint density at radius 1 is 1.07 bits per heavy atom. The molecule has 5 heteroatoms. The molecule has 1 aromatic heterocycles. The van der Waals surface area contributed by atoms with Gasteiger partial charge in [0.05, 0.1) is 14.2 Å². The van der Waals surface area contributed by atoms with Crippen molar-refractivity contribution >= 4 is 22.9 Å². The number of hydrogen-bond donors (Lipinski definition) is 2. The van der Waals surface area contributed by atoms with Gasteiger partial charge in [-0.3, -0.25) is 4.79 Å². The molecule has 1 amide bonds. The van der Waals surface area contributed by atoms with Crippen molar-refractivity contribution in [2.75, 3.05) is 14.2 Å². The standard InChI is InChI=1S/C24H26N2O3/c1-28-22-11-8-16(14-23(22)29-2)9-12-24(27)25-15-17-7-10-21-19(13-17)18-5-3-4-6-20(18)26-21/h7-14,26H,3-6,15H2,1-2H3,(H,25,27)/b12-9+. The predicted octanol–water partition coefficient (Wildman–Crippen LogP) is 4.39. The smallest absolute Gasteiger partial charge is 0.244 e. The minimum atomic E-state index is -0.129. The van der Waals surface area contributed by atoms with Gasteiger partial charge in [-0.15, -0.1) is 0 Å². The monoisotopic (exact) mass is 390 g/mol. The second-order valence-corrected chi connectivity index (χ2v) is 7.33. The van der Waals surface area contributed by atoms with Gasteiger partial charge in [0.1, 0.15) is 0 Å². The first-order valence-corrected chi connectivity index (χ1v) is 9.98. The maximum atomic E-state index is 12.3. The largest absolute Gasteiger partial charge is 0.493 e. The molecule has 0 radical (unpaired) electrons. The maximum absolute atomic E-state index is 12.3. The van der Waals surface area contributed by atoms with Crippen molar-refractivity contribution in [1.29, 1.82) is 0 Å². The van der Waals surface area contributed by atoms with E-state index in [9.17, 15) is 4.79 Å². The molecule has 0 fully saturated rings. The zero-order chi connectivity index (χ0) is 20.2. The van der Waals surface area contributed by atoms with Crippen LogP contribution in [0.15, 0.2) is 42.5 Å². The van der Waals surface area contributed by atoms with Gasteiger partial charge in [0, 0.05) is 29.2 Å². The number of rotatable bonds is 6. The summed E-state index contributed by atoms with van der Waals surface area (Å²) in [4.78, 5) is 15.8. The van der Waals surface area contributed by atoms with Crippen LogP contribution < -0.4 is 14.8 Å². The molecule has 5 nitrogen and oxygen atoms in total. The lowest BCUT2D eigenvalue weighted by Gasteiger charge is -2.10. The van der Waals surface area contributed by atoms with Crippen molar-refractivity contribution < 1.29 is 14.3 Å². The number of methoxy groups -OCH3 is 2. The Labute approximate surface area is 170 Å². The van der Waals surface area contributed by atoms with E-state index >= 15 is 0 Å². The number of benzene rings is 2. The van der Waals surface area contributed by atoms with Crippen LogP contribution >= 0.6 is 0 Å². The van der Waals surface area contributed by atoms with E-state index in [-0.39, 0.29) is 5.91 Å². The summed E-state index contributed by atoms with van der Waals surface area (Å²) in [5, 5.41) is 4.26. The number of aryl methyl sites for hydroxylation is 2. The molecule has 1 heterocycles. The number of aromatic amines is 1. The molecule has 0 bridgehead atoms. The van der Waals surface area contributed by atoms with Gasteiger partial charge in [-0.05, 0) is 72.7 Å². The van der Waals surface area contributed by atoms with Gasteiger partial charge in [0.15, 0.2) is 11.5 Å². The minimum Gasteiger partial charge on any atom is -0.493 e. The Hall–Kier alpha value is -3.21. The van der Waals surface area contributed by atoms with Gasteiger partial charge in [-0.25, -0.2) is 0 Å². The van der Waals surface area contributed by atoms with Crippen molar-refractivity contribution in [3.8, 4) is 11.5 Å². The summed E-state index contributed by atoms with van der Waals surface area (Å²) in [6.07, 6.45) is 8.09. The molecule has 0 unspecified atom stereocenters. The van der Waals surface area contributed by atoms with Crippen molar-refractivity contribution in [2.24, 2.45) is 0 Å². The molecule has 29 heavy (non-hydrogen) atoms. The molecule has 0 aliphatic heterocycles. The Bertz CT molecular complexity index is 1070. The van der Waals surface area contributed by atoms with Crippen molar-refractivity contribution in [3.05, 3.63) is 64.9 Å². The number of nitrogens with one attached hydrogen (secondary N) is 2. The van der Waals surface area contributed by atoms with Crippen LogP contribution in [0.4, 0.5) is 0 Å². The highest BCUT2D eigenvalue weighted by molar-refractivity contribution is 5.92. The second kappa shape index (κ2) is 8.43. The number of aromatic nitrogens is 1. The van der Waals surface area contributed by atoms with E-state index in [4.69, 9.17) is 9.47 Å². The third-order valence-electron chi connectivity index (χ3n) is 5.46. The van der Waals surface area contributed by atoms with Crippen LogP contribution in [0, 0.1) is 0 Å². The predicted molar refractivity (Wildman–Crippen MR) is 115 cm³/mol. The van der Waals surface area contributed by atoms with E-state index in [2.05, 4.69) is 28.5 Å². The quantitative estimate of drug-likeness (QED) is 0.614. The lowest BCUT2D eigenvalue weighted by atomic mass is 9.95. The molecule has 3 aromatic rings. The van der Waals surface area contributed by atoms with E-state index in [0.29, 0.717) is 18.0 Å². The third kappa shape index (κ3) is 4.14. The van der Waals surface area contributed by atoms with Crippen molar-refractivity contribution in [2.45, 2.75) is 32.2 Å². The summed E-state index contributed by atoms with van der Waals surface area (Å²) in [5.74, 6) is 1.17. The number of carbonyl (C=O) groups excluding carboxylic acids is 1. The van der Waals surface area contributed by atoms with E-state index in [1.54, 1.807) is 20.3 Å². The fraction of sp³-hybridized carbons (Fsp3) is 0.292. The van der Waals surface area contributed by atoms with Crippen LogP contribution in [0.1, 0.15) is 35.2 Å². The molecular formula is C24H26N2O3. The maximum Gasteiger partial charge on any atom is 0.244 e. The van der Waals surface area contributed by atoms with E-state index in [1.807, 2.05) is 18.2 Å². The molecule has 150 valence electrons. The lowest BCUT2D eigenvalue weighted by Crippen LogP contribution is -2.20. The SMILES string of the molecule is COc1ccc(/C=C/C(=O)NCc2ccc3[nH]c4c(c3c2)CCCC4)cc1OC. The molecular weight excluding hydrogens is 364 g/mol. The number of ether oxygens (including phenoxy) is 2. The highest BCUT2D eigenvalue weighted by atomic mass is 16.5. The van der Waals surface area contributed by atoms with Crippen molar-refractivity contribution in [3.63, 3.8) is 0 Å². The molecule has 0 saturated carbocycles. The summed E-state index contributed by atoms with van der Waals surface area (Å²) in [7, 11) is 3.19. The van der Waals surface area contributed by atoms with Crippen LogP contribution in [0.2, 0.25) is 0 Å². The fourth-order valence-electron chi connectivity index (χ4n) is 3.94. The summed E-state index contributed by atoms with van der Waals surface area (Å²) < 4.78 is 10.5. The fourth-order valence-corrected chi connectivity index (χ4v) is 3.94. The molecule has 4 rings (SSSR count). The molecule has 1 aliphatic carbocycles. The Morgan fingerprint density at radius 2 is 1.90 bits per heavy atom. The lowest BCUT2D eigenvalue weighted by molar-refractivity contribution is -0.116. The van der Waals surface area contributed by atoms with Crippen LogP contribution in [0.5, 0.6) is 11.5 Å². The number of amides is 1. The van der Waals surface area contributed by atoms with Crippen molar-refractivity contribution in [1.82, 2.24) is 10.3 Å². The zero-order valence-corrected chi connectivity index (χ0v) is 16.9. The Kier molecular flexibility index (Phi) is 5.56. The molecule has 2 N–H and O–H groups in total. The average Bonchev–Trinajstić information content (AvgIpc) is 3.14. The number of fused-ring (bicyclic) bond motifs is 3. The molecule has 0 atom stereocenters. The third-order valence-corrected chi connectivity index (χ3v) is 5.46. The van der Waals surface area contributed by atoms with E-state index < -0.39 is 0 Å².